The first-order chi connectivity index (χ1) is 10.00. The molecule has 132 valence electrons. The molecule has 0 unspecified atom stereocenters. The smallest absolute Gasteiger partial charge is 0.204 e. The number of alkyl halides is 9. The third-order valence-corrected chi connectivity index (χ3v) is 2.57. The van der Waals surface area contributed by atoms with Gasteiger partial charge in [0.25, 0.3) is 0 Å². The van der Waals surface area contributed by atoms with Crippen LogP contribution in [0.25, 0.3) is 0 Å². The van der Waals surface area contributed by atoms with E-state index in [0.29, 0.717) is 0 Å². The SMILES string of the molecule is Fc1cc(F)c(F)c(C(F)(F)C(F)(F)C(F)(F)C(F)(F)F)c1F. The summed E-state index contributed by atoms with van der Waals surface area (Å²) in [6.07, 6.45) is -7.25. The van der Waals surface area contributed by atoms with Crippen LogP contribution < -0.4 is 0 Å². The molecule has 0 amide bonds. The second-order valence-electron chi connectivity index (χ2n) is 4.06. The fourth-order valence-corrected chi connectivity index (χ4v) is 1.38. The van der Waals surface area contributed by atoms with Crippen molar-refractivity contribution in [1.29, 1.82) is 0 Å². The standard InChI is InChI=1S/C10HF13/c11-2-1-3(12)6(14)4(5(2)13)7(15,16)8(17,18)9(19,20)10(21,22)23/h1H. The molecule has 0 bridgehead atoms. The van der Waals surface area contributed by atoms with Gasteiger partial charge in [-0.05, 0) is 0 Å². The van der Waals surface area contributed by atoms with E-state index >= 15 is 0 Å². The molecule has 23 heavy (non-hydrogen) atoms. The molecule has 0 nitrogen and oxygen atoms in total. The van der Waals surface area contributed by atoms with E-state index in [9.17, 15) is 57.1 Å². The Kier molecular flexibility index (Phi) is 4.34. The van der Waals surface area contributed by atoms with Gasteiger partial charge in [0.05, 0.1) is 0 Å². The predicted molar refractivity (Wildman–Crippen MR) is 46.1 cm³/mol. The maximum atomic E-state index is 13.3. The van der Waals surface area contributed by atoms with Gasteiger partial charge in [0.1, 0.15) is 5.56 Å². The highest BCUT2D eigenvalue weighted by Gasteiger charge is 2.82. The Morgan fingerprint density at radius 1 is 0.565 bits per heavy atom. The fraction of sp³-hybridized carbons (Fsp3) is 0.400. The molecule has 0 heterocycles. The molecular formula is C10HF13. The number of benzene rings is 1. The van der Waals surface area contributed by atoms with Crippen molar-refractivity contribution in [2.75, 3.05) is 0 Å². The first-order valence-corrected chi connectivity index (χ1v) is 5.03. The third-order valence-electron chi connectivity index (χ3n) is 2.57. The number of hydrogen-bond donors (Lipinski definition) is 0. The molecule has 0 saturated heterocycles. The first kappa shape index (κ1) is 19.4. The van der Waals surface area contributed by atoms with E-state index in [1.807, 2.05) is 0 Å². The Hall–Kier alpha value is -1.69. The molecule has 1 aromatic carbocycles. The van der Waals surface area contributed by atoms with Crippen molar-refractivity contribution < 1.29 is 57.1 Å². The molecule has 1 rings (SSSR count). The van der Waals surface area contributed by atoms with E-state index in [4.69, 9.17) is 0 Å². The van der Waals surface area contributed by atoms with Crippen LogP contribution in [0.1, 0.15) is 5.56 Å². The van der Waals surface area contributed by atoms with Crippen LogP contribution in [-0.4, -0.2) is 18.0 Å². The van der Waals surface area contributed by atoms with E-state index in [-0.39, 0.29) is 0 Å². The van der Waals surface area contributed by atoms with Gasteiger partial charge in [-0.1, -0.05) is 0 Å². The van der Waals surface area contributed by atoms with Crippen LogP contribution in [-0.2, 0) is 5.92 Å². The van der Waals surface area contributed by atoms with E-state index in [1.165, 1.54) is 0 Å². The van der Waals surface area contributed by atoms with E-state index in [1.54, 1.807) is 0 Å². The minimum Gasteiger partial charge on any atom is -0.204 e. The molecule has 0 aliphatic rings. The summed E-state index contributed by atoms with van der Waals surface area (Å²) in [5.74, 6) is -33.8. The largest absolute Gasteiger partial charge is 0.460 e. The number of rotatable bonds is 3. The zero-order valence-electron chi connectivity index (χ0n) is 9.99. The maximum absolute atomic E-state index is 13.3. The Balaban J connectivity index is 3.72. The highest BCUT2D eigenvalue weighted by molar-refractivity contribution is 5.30. The summed E-state index contributed by atoms with van der Waals surface area (Å²) >= 11 is 0. The monoisotopic (exact) mass is 368 g/mol. The van der Waals surface area contributed by atoms with Gasteiger partial charge < -0.3 is 0 Å². The van der Waals surface area contributed by atoms with Gasteiger partial charge in [-0.3, -0.25) is 0 Å². The Morgan fingerprint density at radius 3 is 1.22 bits per heavy atom. The zero-order chi connectivity index (χ0) is 18.6. The molecule has 0 fully saturated rings. The van der Waals surface area contributed by atoms with Gasteiger partial charge in [0, 0.05) is 6.07 Å². The van der Waals surface area contributed by atoms with Gasteiger partial charge in [-0.25, -0.2) is 17.6 Å². The molecule has 0 N–H and O–H groups in total. The number of halogens is 13. The highest BCUT2D eigenvalue weighted by atomic mass is 19.4. The minimum absolute atomic E-state index is 0.732. The number of hydrogen-bond acceptors (Lipinski definition) is 0. The van der Waals surface area contributed by atoms with Gasteiger partial charge >= 0.3 is 23.9 Å². The van der Waals surface area contributed by atoms with E-state index in [0.717, 1.165) is 0 Å². The van der Waals surface area contributed by atoms with Crippen molar-refractivity contribution in [3.05, 3.63) is 34.9 Å². The van der Waals surface area contributed by atoms with E-state index in [2.05, 4.69) is 0 Å². The lowest BCUT2D eigenvalue weighted by Gasteiger charge is -2.34. The lowest BCUT2D eigenvalue weighted by molar-refractivity contribution is -0.400. The van der Waals surface area contributed by atoms with Crippen molar-refractivity contribution in [3.8, 4) is 0 Å². The van der Waals surface area contributed by atoms with Crippen molar-refractivity contribution in [2.24, 2.45) is 0 Å². The normalized spacial score (nSPS) is 14.3. The Labute approximate surface area is 117 Å². The summed E-state index contributed by atoms with van der Waals surface area (Å²) in [6.45, 7) is 0. The molecule has 0 saturated carbocycles. The lowest BCUT2D eigenvalue weighted by atomic mass is 9.95. The molecular weight excluding hydrogens is 367 g/mol. The topological polar surface area (TPSA) is 0 Å². The van der Waals surface area contributed by atoms with Crippen molar-refractivity contribution in [1.82, 2.24) is 0 Å². The Morgan fingerprint density at radius 2 is 0.913 bits per heavy atom. The predicted octanol–water partition coefficient (Wildman–Crippen LogP) is 5.17. The Bertz CT molecular complexity index is 586. The quantitative estimate of drug-likeness (QED) is 0.510. The van der Waals surface area contributed by atoms with Crippen LogP contribution in [0.2, 0.25) is 0 Å². The van der Waals surface area contributed by atoms with E-state index < -0.39 is 58.8 Å². The summed E-state index contributed by atoms with van der Waals surface area (Å²) < 4.78 is 165. The second kappa shape index (κ2) is 5.16. The summed E-state index contributed by atoms with van der Waals surface area (Å²) in [5, 5.41) is 0. The lowest BCUT2D eigenvalue weighted by Crippen LogP contribution is -2.60. The average molecular weight is 368 g/mol. The minimum atomic E-state index is -7.47. The van der Waals surface area contributed by atoms with Gasteiger partial charge in [0.2, 0.25) is 0 Å². The summed E-state index contributed by atoms with van der Waals surface area (Å²) in [7, 11) is 0. The van der Waals surface area contributed by atoms with Crippen LogP contribution in [0.3, 0.4) is 0 Å². The van der Waals surface area contributed by atoms with Crippen LogP contribution in [0.5, 0.6) is 0 Å². The van der Waals surface area contributed by atoms with Crippen molar-refractivity contribution in [3.63, 3.8) is 0 Å². The van der Waals surface area contributed by atoms with Crippen molar-refractivity contribution >= 4 is 0 Å². The summed E-state index contributed by atoms with van der Waals surface area (Å²) in [5.41, 5.74) is -3.59. The summed E-state index contributed by atoms with van der Waals surface area (Å²) in [4.78, 5) is 0. The molecule has 0 radical (unpaired) electrons. The fourth-order valence-electron chi connectivity index (χ4n) is 1.38. The molecule has 0 atom stereocenters. The molecule has 0 spiro atoms. The average Bonchev–Trinajstić information content (AvgIpc) is 2.34. The zero-order valence-corrected chi connectivity index (χ0v) is 9.99. The first-order valence-electron chi connectivity index (χ1n) is 5.03. The highest BCUT2D eigenvalue weighted by Crippen LogP contribution is 2.57. The van der Waals surface area contributed by atoms with Crippen LogP contribution in [0.15, 0.2) is 6.07 Å². The van der Waals surface area contributed by atoms with Gasteiger partial charge in [-0.2, -0.15) is 39.5 Å². The molecule has 1 aromatic rings. The molecule has 0 aliphatic carbocycles. The molecule has 0 aliphatic heterocycles. The second-order valence-corrected chi connectivity index (χ2v) is 4.06. The van der Waals surface area contributed by atoms with Crippen molar-refractivity contribution in [2.45, 2.75) is 23.9 Å². The van der Waals surface area contributed by atoms with Gasteiger partial charge in [-0.15, -0.1) is 0 Å². The molecule has 13 heteroatoms. The van der Waals surface area contributed by atoms with Crippen LogP contribution in [0, 0.1) is 23.3 Å². The maximum Gasteiger partial charge on any atom is 0.460 e. The summed E-state index contributed by atoms with van der Waals surface area (Å²) in [6, 6.07) is -0.732. The molecule has 0 aromatic heterocycles. The van der Waals surface area contributed by atoms with Crippen LogP contribution >= 0.6 is 0 Å². The third kappa shape index (κ3) is 2.59. The van der Waals surface area contributed by atoms with Gasteiger partial charge in [0.15, 0.2) is 23.3 Å². The van der Waals surface area contributed by atoms with Crippen LogP contribution in [0.4, 0.5) is 57.1 Å².